The van der Waals surface area contributed by atoms with E-state index >= 15 is 0 Å². The molecule has 29 heavy (non-hydrogen) atoms. The van der Waals surface area contributed by atoms with Gasteiger partial charge in [0.15, 0.2) is 5.82 Å². The van der Waals surface area contributed by atoms with E-state index in [1.165, 1.54) is 25.3 Å². The molecule has 0 atom stereocenters. The highest BCUT2D eigenvalue weighted by molar-refractivity contribution is 9.10. The van der Waals surface area contributed by atoms with Crippen LogP contribution in [0.5, 0.6) is 0 Å². The number of carbonyl (C=O) groups excluding carboxylic acids is 3. The lowest BCUT2D eigenvalue weighted by atomic mass is 10.0. The Labute approximate surface area is 175 Å². The number of esters is 1. The Morgan fingerprint density at radius 1 is 1.21 bits per heavy atom. The van der Waals surface area contributed by atoms with Gasteiger partial charge in [-0.15, -0.1) is 0 Å². The van der Waals surface area contributed by atoms with Crippen LogP contribution in [0.3, 0.4) is 0 Å². The van der Waals surface area contributed by atoms with Crippen LogP contribution in [-0.4, -0.2) is 40.8 Å². The zero-order chi connectivity index (χ0) is 21.0. The maximum Gasteiger partial charge on any atom is 0.339 e. The Morgan fingerprint density at radius 3 is 2.72 bits per heavy atom. The average molecular weight is 459 g/mol. The second kappa shape index (κ2) is 8.87. The number of ether oxygens (including phenoxy) is 1. The lowest BCUT2D eigenvalue weighted by Gasteiger charge is -2.12. The van der Waals surface area contributed by atoms with Gasteiger partial charge in [0, 0.05) is 18.3 Å². The highest BCUT2D eigenvalue weighted by atomic mass is 79.9. The predicted octanol–water partition coefficient (Wildman–Crippen LogP) is 3.65. The molecule has 2 heterocycles. The number of fused-ring (bicyclic) bond motifs is 1. The Morgan fingerprint density at radius 2 is 2.00 bits per heavy atom. The maximum atomic E-state index is 13.1. The van der Waals surface area contributed by atoms with Crippen molar-refractivity contribution < 1.29 is 19.1 Å². The molecule has 0 spiro atoms. The largest absolute Gasteiger partial charge is 0.465 e. The standard InChI is InChI=1S/C20H19BrN4O4/c1-3-9-22-20(28)23-14-8-7-12(11-13(14)19(27)29-2)16(26)18-24-17(21)15-6-4-5-10-25(15)18/h4-8,10-11H,3,9H2,1-2H3,(H2,22,23,28). The molecule has 3 aromatic rings. The topological polar surface area (TPSA) is 102 Å². The van der Waals surface area contributed by atoms with Crippen LogP contribution in [0.2, 0.25) is 0 Å². The second-order valence-corrected chi connectivity index (χ2v) is 6.90. The summed E-state index contributed by atoms with van der Waals surface area (Å²) >= 11 is 3.35. The highest BCUT2D eigenvalue weighted by Gasteiger charge is 2.21. The van der Waals surface area contributed by atoms with E-state index in [1.54, 1.807) is 16.7 Å². The van der Waals surface area contributed by atoms with Gasteiger partial charge in [0.25, 0.3) is 0 Å². The number of imidazole rings is 1. The monoisotopic (exact) mass is 458 g/mol. The predicted molar refractivity (Wildman–Crippen MR) is 111 cm³/mol. The van der Waals surface area contributed by atoms with Crippen LogP contribution in [0.1, 0.15) is 39.9 Å². The van der Waals surface area contributed by atoms with Gasteiger partial charge in [-0.3, -0.25) is 9.20 Å². The lowest BCUT2D eigenvalue weighted by Crippen LogP contribution is -2.30. The van der Waals surface area contributed by atoms with Gasteiger partial charge < -0.3 is 15.4 Å². The third-order valence-electron chi connectivity index (χ3n) is 4.18. The minimum atomic E-state index is -0.667. The van der Waals surface area contributed by atoms with Crippen molar-refractivity contribution >= 4 is 44.9 Å². The number of aromatic nitrogens is 2. The Kier molecular flexibility index (Phi) is 6.28. The molecule has 0 saturated carbocycles. The van der Waals surface area contributed by atoms with E-state index in [1.807, 2.05) is 19.1 Å². The number of methoxy groups -OCH3 is 1. The Balaban J connectivity index is 1.98. The number of hydrogen-bond acceptors (Lipinski definition) is 5. The van der Waals surface area contributed by atoms with E-state index in [2.05, 4.69) is 31.5 Å². The molecular formula is C20H19BrN4O4. The van der Waals surface area contributed by atoms with E-state index in [-0.39, 0.29) is 28.4 Å². The molecule has 3 rings (SSSR count). The summed E-state index contributed by atoms with van der Waals surface area (Å²) in [5.74, 6) is -0.840. The SMILES string of the molecule is CCCNC(=O)Nc1ccc(C(=O)c2nc(Br)c3ccccn23)cc1C(=O)OC. The van der Waals surface area contributed by atoms with Crippen molar-refractivity contribution in [3.05, 3.63) is 64.1 Å². The number of benzene rings is 1. The molecule has 0 radical (unpaired) electrons. The van der Waals surface area contributed by atoms with E-state index in [0.717, 1.165) is 11.9 Å². The molecule has 0 aliphatic carbocycles. The molecule has 150 valence electrons. The zero-order valence-corrected chi connectivity index (χ0v) is 17.4. The summed E-state index contributed by atoms with van der Waals surface area (Å²) in [6, 6.07) is 9.43. The summed E-state index contributed by atoms with van der Waals surface area (Å²) in [7, 11) is 1.23. The number of nitrogens with one attached hydrogen (secondary N) is 2. The van der Waals surface area contributed by atoms with Crippen LogP contribution in [0, 0.1) is 0 Å². The second-order valence-electron chi connectivity index (χ2n) is 6.14. The fourth-order valence-corrected chi connectivity index (χ4v) is 3.26. The quantitative estimate of drug-likeness (QED) is 0.433. The number of carbonyl (C=O) groups is 3. The van der Waals surface area contributed by atoms with E-state index < -0.39 is 12.0 Å². The first-order valence-electron chi connectivity index (χ1n) is 8.90. The number of anilines is 1. The molecule has 0 saturated heterocycles. The summed E-state index contributed by atoms with van der Waals surface area (Å²) in [5.41, 5.74) is 1.31. The summed E-state index contributed by atoms with van der Waals surface area (Å²) in [6.45, 7) is 2.43. The van der Waals surface area contributed by atoms with Crippen molar-refractivity contribution in [1.29, 1.82) is 0 Å². The van der Waals surface area contributed by atoms with E-state index in [4.69, 9.17) is 4.74 Å². The molecule has 2 amide bonds. The van der Waals surface area contributed by atoms with Gasteiger partial charge in [-0.25, -0.2) is 14.6 Å². The zero-order valence-electron chi connectivity index (χ0n) is 15.9. The molecule has 2 N–H and O–H groups in total. The van der Waals surface area contributed by atoms with Gasteiger partial charge in [-0.2, -0.15) is 0 Å². The number of ketones is 1. The molecule has 0 aliphatic rings. The van der Waals surface area contributed by atoms with Crippen molar-refractivity contribution in [2.24, 2.45) is 0 Å². The van der Waals surface area contributed by atoms with Crippen molar-refractivity contribution in [2.45, 2.75) is 13.3 Å². The minimum absolute atomic E-state index is 0.0740. The van der Waals surface area contributed by atoms with Gasteiger partial charge in [0.2, 0.25) is 5.78 Å². The summed E-state index contributed by atoms with van der Waals surface area (Å²) in [5, 5.41) is 5.27. The number of amides is 2. The van der Waals surface area contributed by atoms with Gasteiger partial charge in [-0.1, -0.05) is 13.0 Å². The van der Waals surface area contributed by atoms with Crippen molar-refractivity contribution in [3.8, 4) is 0 Å². The molecule has 9 heteroatoms. The summed E-state index contributed by atoms with van der Waals surface area (Å²) < 4.78 is 7.01. The molecule has 0 aliphatic heterocycles. The molecule has 8 nitrogen and oxygen atoms in total. The van der Waals surface area contributed by atoms with Gasteiger partial charge in [-0.05, 0) is 52.7 Å². The number of halogens is 1. The molecule has 0 fully saturated rings. The molecule has 0 unspecified atom stereocenters. The van der Waals surface area contributed by atoms with Crippen LogP contribution in [-0.2, 0) is 4.74 Å². The van der Waals surface area contributed by atoms with Crippen molar-refractivity contribution in [3.63, 3.8) is 0 Å². The smallest absolute Gasteiger partial charge is 0.339 e. The fraction of sp³-hybridized carbons (Fsp3) is 0.200. The van der Waals surface area contributed by atoms with Gasteiger partial charge >= 0.3 is 12.0 Å². The summed E-state index contributed by atoms with van der Waals surface area (Å²) in [6.07, 6.45) is 2.51. The van der Waals surface area contributed by atoms with Crippen LogP contribution in [0.4, 0.5) is 10.5 Å². The highest BCUT2D eigenvalue weighted by Crippen LogP contribution is 2.23. The lowest BCUT2D eigenvalue weighted by molar-refractivity contribution is 0.0602. The van der Waals surface area contributed by atoms with Crippen molar-refractivity contribution in [2.75, 3.05) is 19.0 Å². The maximum absolute atomic E-state index is 13.1. The number of urea groups is 1. The molecule has 1 aromatic carbocycles. The first-order valence-corrected chi connectivity index (χ1v) is 9.70. The normalized spacial score (nSPS) is 10.6. The van der Waals surface area contributed by atoms with Gasteiger partial charge in [0.1, 0.15) is 4.60 Å². The van der Waals surface area contributed by atoms with Crippen LogP contribution in [0.15, 0.2) is 47.2 Å². The number of rotatable bonds is 6. The molecular weight excluding hydrogens is 440 g/mol. The van der Waals surface area contributed by atoms with Crippen LogP contribution in [0.25, 0.3) is 5.52 Å². The van der Waals surface area contributed by atoms with E-state index in [9.17, 15) is 14.4 Å². The van der Waals surface area contributed by atoms with Crippen LogP contribution < -0.4 is 10.6 Å². The first kappa shape index (κ1) is 20.5. The number of pyridine rings is 1. The number of hydrogen-bond donors (Lipinski definition) is 2. The van der Waals surface area contributed by atoms with Crippen LogP contribution >= 0.6 is 15.9 Å². The van der Waals surface area contributed by atoms with Crippen molar-refractivity contribution in [1.82, 2.24) is 14.7 Å². The average Bonchev–Trinajstić information content (AvgIpc) is 3.08. The fourth-order valence-electron chi connectivity index (χ4n) is 2.77. The third-order valence-corrected chi connectivity index (χ3v) is 4.76. The Hall–Kier alpha value is -3.20. The first-order chi connectivity index (χ1) is 14.0. The summed E-state index contributed by atoms with van der Waals surface area (Å²) in [4.78, 5) is 41.5. The molecule has 2 aromatic heterocycles. The minimum Gasteiger partial charge on any atom is -0.465 e. The van der Waals surface area contributed by atoms with E-state index in [0.29, 0.717) is 11.1 Å². The Bertz CT molecular complexity index is 1090. The number of nitrogens with zero attached hydrogens (tertiary/aromatic N) is 2. The molecule has 0 bridgehead atoms. The third kappa shape index (κ3) is 4.29. The van der Waals surface area contributed by atoms with Gasteiger partial charge in [0.05, 0.1) is 23.9 Å².